The lowest BCUT2D eigenvalue weighted by Crippen LogP contribution is -2.54. The van der Waals surface area contributed by atoms with Crippen LogP contribution in [0.2, 0.25) is 0 Å². The Labute approximate surface area is 220 Å². The van der Waals surface area contributed by atoms with Gasteiger partial charge in [0.25, 0.3) is 0 Å². The smallest absolute Gasteiger partial charge is 0.408 e. The molecule has 0 aliphatic heterocycles. The number of phenolic OH excluding ortho intramolecular Hbond substituents is 1. The summed E-state index contributed by atoms with van der Waals surface area (Å²) in [4.78, 5) is 38.5. The molecule has 3 amide bonds. The molecule has 8 heteroatoms. The van der Waals surface area contributed by atoms with E-state index in [-0.39, 0.29) is 24.1 Å². The van der Waals surface area contributed by atoms with Crippen molar-refractivity contribution >= 4 is 17.9 Å². The van der Waals surface area contributed by atoms with Crippen molar-refractivity contribution in [3.63, 3.8) is 0 Å². The number of hydrogen-bond donors (Lipinski definition) is 4. The number of carbonyl (C=O) groups excluding carboxylic acids is 3. The molecule has 4 N–H and O–H groups in total. The first kappa shape index (κ1) is 29.7. The standard InChI is InChI=1S/C29H41N3O5/c1-18-15-23(33)16-19(2)24(18)17-25(32-28(36)37-29(5,6)7)27(35)31-21(4)26(34)30-20(3)13-14-22-11-9-8-10-12-22/h8-12,15-16,20-21,25,33H,13-14,17H2,1-7H3,(H,30,34)(H,31,35)(H,32,36)/t20?,21-,25?/m1/s1. The van der Waals surface area contributed by atoms with E-state index in [1.807, 2.05) is 51.1 Å². The Bertz CT molecular complexity index is 1060. The van der Waals surface area contributed by atoms with E-state index in [2.05, 4.69) is 16.0 Å². The van der Waals surface area contributed by atoms with Crippen LogP contribution < -0.4 is 16.0 Å². The summed E-state index contributed by atoms with van der Waals surface area (Å²) < 4.78 is 5.35. The quantitative estimate of drug-likeness (QED) is 0.383. The minimum absolute atomic E-state index is 0.0787. The number of alkyl carbamates (subject to hydrolysis) is 1. The Hall–Kier alpha value is -3.55. The van der Waals surface area contributed by atoms with E-state index in [0.29, 0.717) is 0 Å². The van der Waals surface area contributed by atoms with Gasteiger partial charge in [0.15, 0.2) is 0 Å². The van der Waals surface area contributed by atoms with Crippen molar-refractivity contribution in [2.24, 2.45) is 0 Å². The molecule has 0 saturated carbocycles. The second kappa shape index (κ2) is 13.1. The summed E-state index contributed by atoms with van der Waals surface area (Å²) in [5.74, 6) is -0.675. The molecule has 8 nitrogen and oxygen atoms in total. The average Bonchev–Trinajstić information content (AvgIpc) is 2.78. The third-order valence-electron chi connectivity index (χ3n) is 5.95. The number of phenols is 1. The average molecular weight is 512 g/mol. The molecule has 3 atom stereocenters. The van der Waals surface area contributed by atoms with Crippen LogP contribution in [0.4, 0.5) is 4.79 Å². The van der Waals surface area contributed by atoms with Gasteiger partial charge >= 0.3 is 6.09 Å². The zero-order valence-electron chi connectivity index (χ0n) is 23.0. The highest BCUT2D eigenvalue weighted by molar-refractivity contribution is 5.91. The maximum absolute atomic E-state index is 13.2. The molecule has 2 unspecified atom stereocenters. The number of nitrogens with one attached hydrogen (secondary N) is 3. The summed E-state index contributed by atoms with van der Waals surface area (Å²) in [6.07, 6.45) is 1.04. The van der Waals surface area contributed by atoms with Crippen LogP contribution in [0, 0.1) is 13.8 Å². The molecular weight excluding hydrogens is 470 g/mol. The Morgan fingerprint density at radius 1 is 0.919 bits per heavy atom. The highest BCUT2D eigenvalue weighted by Gasteiger charge is 2.28. The first-order chi connectivity index (χ1) is 17.2. The van der Waals surface area contributed by atoms with Crippen molar-refractivity contribution in [3.8, 4) is 5.75 Å². The SMILES string of the molecule is Cc1cc(O)cc(C)c1CC(NC(=O)OC(C)(C)C)C(=O)N[C@H](C)C(=O)NC(C)CCc1ccccc1. The molecule has 0 fully saturated rings. The number of benzene rings is 2. The van der Waals surface area contributed by atoms with Crippen LogP contribution in [0.3, 0.4) is 0 Å². The number of ether oxygens (including phenoxy) is 1. The van der Waals surface area contributed by atoms with Gasteiger partial charge < -0.3 is 25.8 Å². The number of aryl methyl sites for hydroxylation is 3. The van der Waals surface area contributed by atoms with Gasteiger partial charge in [0.2, 0.25) is 11.8 Å². The number of amides is 3. The molecule has 2 aromatic rings. The summed E-state index contributed by atoms with van der Waals surface area (Å²) >= 11 is 0. The number of carbonyl (C=O) groups is 3. The Kier molecular flexibility index (Phi) is 10.5. The largest absolute Gasteiger partial charge is 0.508 e. The number of rotatable bonds is 10. The summed E-state index contributed by atoms with van der Waals surface area (Å²) in [7, 11) is 0. The van der Waals surface area contributed by atoms with Gasteiger partial charge in [-0.1, -0.05) is 30.3 Å². The fraction of sp³-hybridized carbons (Fsp3) is 0.483. The highest BCUT2D eigenvalue weighted by atomic mass is 16.6. The molecular formula is C29H41N3O5. The van der Waals surface area contributed by atoms with E-state index in [0.717, 1.165) is 29.5 Å². The zero-order valence-corrected chi connectivity index (χ0v) is 23.0. The molecule has 2 aromatic carbocycles. The van der Waals surface area contributed by atoms with Crippen LogP contribution in [0.1, 0.15) is 63.3 Å². The van der Waals surface area contributed by atoms with Crippen LogP contribution in [0.15, 0.2) is 42.5 Å². The van der Waals surface area contributed by atoms with Crippen molar-refractivity contribution in [1.29, 1.82) is 0 Å². The molecule has 2 rings (SSSR count). The van der Waals surface area contributed by atoms with Gasteiger partial charge in [-0.15, -0.1) is 0 Å². The van der Waals surface area contributed by atoms with Gasteiger partial charge in [-0.2, -0.15) is 0 Å². The lowest BCUT2D eigenvalue weighted by atomic mass is 9.95. The monoisotopic (exact) mass is 511 g/mol. The van der Waals surface area contributed by atoms with E-state index in [1.54, 1.807) is 39.8 Å². The Morgan fingerprint density at radius 3 is 2.08 bits per heavy atom. The van der Waals surface area contributed by atoms with Gasteiger partial charge in [0.05, 0.1) is 0 Å². The third-order valence-corrected chi connectivity index (χ3v) is 5.95. The number of aromatic hydroxyl groups is 1. The molecule has 0 aliphatic carbocycles. The topological polar surface area (TPSA) is 117 Å². The highest BCUT2D eigenvalue weighted by Crippen LogP contribution is 2.22. The first-order valence-corrected chi connectivity index (χ1v) is 12.7. The van der Waals surface area contributed by atoms with Crippen molar-refractivity contribution in [2.75, 3.05) is 0 Å². The van der Waals surface area contributed by atoms with Gasteiger partial charge in [-0.3, -0.25) is 9.59 Å². The summed E-state index contributed by atoms with van der Waals surface area (Å²) in [5, 5.41) is 18.2. The van der Waals surface area contributed by atoms with E-state index in [9.17, 15) is 19.5 Å². The van der Waals surface area contributed by atoms with Crippen molar-refractivity contribution < 1.29 is 24.2 Å². The predicted molar refractivity (Wildman–Crippen MR) is 144 cm³/mol. The normalized spacial score (nSPS) is 13.7. The van der Waals surface area contributed by atoms with E-state index < -0.39 is 29.7 Å². The Morgan fingerprint density at radius 2 is 1.51 bits per heavy atom. The summed E-state index contributed by atoms with van der Waals surface area (Å²) in [5.41, 5.74) is 2.86. The molecule has 0 saturated heterocycles. The molecule has 202 valence electrons. The van der Waals surface area contributed by atoms with Crippen LogP contribution in [0.25, 0.3) is 0 Å². The van der Waals surface area contributed by atoms with Crippen molar-refractivity contribution in [3.05, 3.63) is 64.7 Å². The fourth-order valence-electron chi connectivity index (χ4n) is 4.00. The second-order valence-electron chi connectivity index (χ2n) is 10.6. The second-order valence-corrected chi connectivity index (χ2v) is 10.6. The van der Waals surface area contributed by atoms with Crippen molar-refractivity contribution in [2.45, 2.75) is 91.5 Å². The summed E-state index contributed by atoms with van der Waals surface area (Å²) in [6, 6.07) is 11.4. The summed E-state index contributed by atoms with van der Waals surface area (Å²) in [6.45, 7) is 12.4. The molecule has 0 bridgehead atoms. The maximum Gasteiger partial charge on any atom is 0.408 e. The lowest BCUT2D eigenvalue weighted by Gasteiger charge is -2.25. The molecule has 0 heterocycles. The zero-order chi connectivity index (χ0) is 27.8. The molecule has 0 aromatic heterocycles. The molecule has 37 heavy (non-hydrogen) atoms. The first-order valence-electron chi connectivity index (χ1n) is 12.7. The van der Waals surface area contributed by atoms with E-state index in [4.69, 9.17) is 4.74 Å². The third kappa shape index (κ3) is 10.1. The lowest BCUT2D eigenvalue weighted by molar-refractivity contribution is -0.130. The minimum Gasteiger partial charge on any atom is -0.508 e. The maximum atomic E-state index is 13.2. The van der Waals surface area contributed by atoms with Gasteiger partial charge in [-0.25, -0.2) is 4.79 Å². The molecule has 0 radical (unpaired) electrons. The number of hydrogen-bond acceptors (Lipinski definition) is 5. The van der Waals surface area contributed by atoms with Crippen LogP contribution in [0.5, 0.6) is 5.75 Å². The van der Waals surface area contributed by atoms with Gasteiger partial charge in [0, 0.05) is 12.5 Å². The fourth-order valence-corrected chi connectivity index (χ4v) is 4.00. The molecule has 0 aliphatic rings. The van der Waals surface area contributed by atoms with Crippen LogP contribution in [-0.4, -0.2) is 46.7 Å². The molecule has 0 spiro atoms. The van der Waals surface area contributed by atoms with Crippen LogP contribution >= 0.6 is 0 Å². The predicted octanol–water partition coefficient (Wildman–Crippen LogP) is 4.09. The van der Waals surface area contributed by atoms with E-state index >= 15 is 0 Å². The van der Waals surface area contributed by atoms with Crippen LogP contribution in [-0.2, 0) is 27.2 Å². The Balaban J connectivity index is 2.06. The minimum atomic E-state index is -0.984. The van der Waals surface area contributed by atoms with Gasteiger partial charge in [-0.05, 0) is 95.7 Å². The van der Waals surface area contributed by atoms with Gasteiger partial charge in [0.1, 0.15) is 23.4 Å². The van der Waals surface area contributed by atoms with E-state index in [1.165, 1.54) is 5.56 Å². The van der Waals surface area contributed by atoms with Crippen molar-refractivity contribution in [1.82, 2.24) is 16.0 Å².